The first-order chi connectivity index (χ1) is 10.1. The standard InChI is InChI=1S/C15H15NO5/c17-13(12-9-20-7-8-21-12)16-11-3-1-10(2-4-11)15(5-6-15)14(18)19/h1-4,9H,5-8H2,(H,16,17)(H,18,19). The van der Waals surface area contributed by atoms with Crippen molar-refractivity contribution in [3.63, 3.8) is 0 Å². The van der Waals surface area contributed by atoms with E-state index in [-0.39, 0.29) is 11.7 Å². The van der Waals surface area contributed by atoms with E-state index in [0.717, 1.165) is 5.56 Å². The number of ether oxygens (including phenoxy) is 2. The second kappa shape index (κ2) is 5.12. The van der Waals surface area contributed by atoms with Crippen LogP contribution in [0.4, 0.5) is 5.69 Å². The van der Waals surface area contributed by atoms with Crippen molar-refractivity contribution in [3.05, 3.63) is 41.9 Å². The van der Waals surface area contributed by atoms with E-state index in [1.807, 2.05) is 0 Å². The van der Waals surface area contributed by atoms with Gasteiger partial charge in [-0.15, -0.1) is 0 Å². The second-order valence-electron chi connectivity index (χ2n) is 5.12. The molecule has 0 spiro atoms. The van der Waals surface area contributed by atoms with Crippen molar-refractivity contribution in [3.8, 4) is 0 Å². The van der Waals surface area contributed by atoms with Crippen molar-refractivity contribution in [1.82, 2.24) is 0 Å². The molecule has 0 atom stereocenters. The zero-order valence-electron chi connectivity index (χ0n) is 11.3. The maximum absolute atomic E-state index is 11.9. The second-order valence-corrected chi connectivity index (χ2v) is 5.12. The Bertz CT molecular complexity index is 601. The molecule has 1 saturated carbocycles. The van der Waals surface area contributed by atoms with E-state index in [1.54, 1.807) is 24.3 Å². The fraction of sp³-hybridized carbons (Fsp3) is 0.333. The molecule has 1 fully saturated rings. The Labute approximate surface area is 121 Å². The Hall–Kier alpha value is -2.50. The van der Waals surface area contributed by atoms with Crippen LogP contribution in [0.2, 0.25) is 0 Å². The number of hydrogen-bond donors (Lipinski definition) is 2. The van der Waals surface area contributed by atoms with Crippen LogP contribution in [-0.4, -0.2) is 30.2 Å². The Balaban J connectivity index is 1.69. The first-order valence-electron chi connectivity index (χ1n) is 6.72. The van der Waals surface area contributed by atoms with Gasteiger partial charge in [0, 0.05) is 5.69 Å². The summed E-state index contributed by atoms with van der Waals surface area (Å²) in [6.45, 7) is 0.780. The van der Waals surface area contributed by atoms with E-state index in [2.05, 4.69) is 5.32 Å². The molecule has 1 aromatic rings. The van der Waals surface area contributed by atoms with Gasteiger partial charge < -0.3 is 19.9 Å². The predicted molar refractivity (Wildman–Crippen MR) is 73.6 cm³/mol. The molecule has 2 N–H and O–H groups in total. The third-order valence-corrected chi connectivity index (χ3v) is 3.73. The molecule has 6 heteroatoms. The average molecular weight is 289 g/mol. The number of hydrogen-bond acceptors (Lipinski definition) is 4. The summed E-state index contributed by atoms with van der Waals surface area (Å²) in [7, 11) is 0. The molecule has 1 aliphatic carbocycles. The van der Waals surface area contributed by atoms with E-state index in [9.17, 15) is 14.7 Å². The molecule has 3 rings (SSSR count). The minimum atomic E-state index is -0.794. The number of amides is 1. The van der Waals surface area contributed by atoms with Crippen molar-refractivity contribution in [2.24, 2.45) is 0 Å². The minimum absolute atomic E-state index is 0.134. The Morgan fingerprint density at radius 2 is 1.86 bits per heavy atom. The molecule has 0 bridgehead atoms. The number of carbonyl (C=O) groups is 2. The van der Waals surface area contributed by atoms with Crippen LogP contribution in [0.5, 0.6) is 0 Å². The quantitative estimate of drug-likeness (QED) is 0.880. The van der Waals surface area contributed by atoms with Crippen LogP contribution < -0.4 is 5.32 Å². The SMILES string of the molecule is O=C(Nc1ccc(C2(C(=O)O)CC2)cc1)C1=COCCO1. The maximum Gasteiger partial charge on any atom is 0.314 e. The van der Waals surface area contributed by atoms with Gasteiger partial charge in [-0.25, -0.2) is 0 Å². The molecule has 0 aromatic heterocycles. The topological polar surface area (TPSA) is 84.9 Å². The Morgan fingerprint density at radius 3 is 2.38 bits per heavy atom. The van der Waals surface area contributed by atoms with Gasteiger partial charge in [-0.3, -0.25) is 9.59 Å². The van der Waals surface area contributed by atoms with Crippen molar-refractivity contribution >= 4 is 17.6 Å². The van der Waals surface area contributed by atoms with Gasteiger partial charge in [0.25, 0.3) is 5.91 Å². The fourth-order valence-electron chi connectivity index (χ4n) is 2.30. The lowest BCUT2D eigenvalue weighted by Gasteiger charge is -2.15. The number of carboxylic acids is 1. The molecule has 6 nitrogen and oxygen atoms in total. The van der Waals surface area contributed by atoms with Gasteiger partial charge in [-0.2, -0.15) is 0 Å². The molecule has 1 heterocycles. The molecular formula is C15H15NO5. The van der Waals surface area contributed by atoms with Crippen LogP contribution in [0, 0.1) is 0 Å². The van der Waals surface area contributed by atoms with Gasteiger partial charge in [0.1, 0.15) is 19.5 Å². The highest BCUT2D eigenvalue weighted by Crippen LogP contribution is 2.48. The highest BCUT2D eigenvalue weighted by Gasteiger charge is 2.51. The minimum Gasteiger partial charge on any atom is -0.494 e. The normalized spacial score (nSPS) is 18.8. The first-order valence-corrected chi connectivity index (χ1v) is 6.72. The molecule has 2 aliphatic rings. The Kier molecular flexibility index (Phi) is 3.29. The van der Waals surface area contributed by atoms with E-state index in [1.165, 1.54) is 6.26 Å². The summed E-state index contributed by atoms with van der Waals surface area (Å²) in [5, 5.41) is 11.9. The van der Waals surface area contributed by atoms with E-state index >= 15 is 0 Å². The number of carboxylic acid groups (broad SMARTS) is 1. The number of nitrogens with one attached hydrogen (secondary N) is 1. The lowest BCUT2D eigenvalue weighted by molar-refractivity contribution is -0.140. The Morgan fingerprint density at radius 1 is 1.14 bits per heavy atom. The summed E-state index contributed by atoms with van der Waals surface area (Å²) in [5.74, 6) is -1.05. The van der Waals surface area contributed by atoms with Crippen LogP contribution in [0.1, 0.15) is 18.4 Å². The number of carbonyl (C=O) groups excluding carboxylic acids is 1. The third-order valence-electron chi connectivity index (χ3n) is 3.73. The number of rotatable bonds is 4. The van der Waals surface area contributed by atoms with Crippen LogP contribution in [-0.2, 0) is 24.5 Å². The summed E-state index contributed by atoms with van der Waals surface area (Å²) >= 11 is 0. The number of anilines is 1. The zero-order valence-corrected chi connectivity index (χ0v) is 11.3. The van der Waals surface area contributed by atoms with E-state index in [0.29, 0.717) is 31.7 Å². The van der Waals surface area contributed by atoms with Gasteiger partial charge in [-0.1, -0.05) is 12.1 Å². The van der Waals surface area contributed by atoms with Crippen molar-refractivity contribution < 1.29 is 24.2 Å². The van der Waals surface area contributed by atoms with Crippen molar-refractivity contribution in [2.75, 3.05) is 18.5 Å². The molecule has 0 unspecified atom stereocenters. The zero-order chi connectivity index (χ0) is 14.9. The summed E-state index contributed by atoms with van der Waals surface area (Å²) < 4.78 is 10.2. The molecule has 1 amide bonds. The smallest absolute Gasteiger partial charge is 0.314 e. The fourth-order valence-corrected chi connectivity index (χ4v) is 2.30. The summed E-state index contributed by atoms with van der Waals surface area (Å²) in [4.78, 5) is 23.1. The monoisotopic (exact) mass is 289 g/mol. The van der Waals surface area contributed by atoms with Crippen LogP contribution in [0.25, 0.3) is 0 Å². The molecule has 1 aliphatic heterocycles. The van der Waals surface area contributed by atoms with Gasteiger partial charge >= 0.3 is 5.97 Å². The summed E-state index contributed by atoms with van der Waals surface area (Å²) in [5.41, 5.74) is 0.621. The lowest BCUT2D eigenvalue weighted by atomic mass is 9.96. The molecule has 21 heavy (non-hydrogen) atoms. The average Bonchev–Trinajstić information content (AvgIpc) is 3.31. The van der Waals surface area contributed by atoms with Gasteiger partial charge in [-0.05, 0) is 30.5 Å². The van der Waals surface area contributed by atoms with Gasteiger partial charge in [0.2, 0.25) is 5.76 Å². The third kappa shape index (κ3) is 2.56. The van der Waals surface area contributed by atoms with Gasteiger partial charge in [0.05, 0.1) is 5.41 Å². The van der Waals surface area contributed by atoms with E-state index in [4.69, 9.17) is 9.47 Å². The number of aliphatic carboxylic acids is 1. The molecule has 1 aromatic carbocycles. The maximum atomic E-state index is 11.9. The van der Waals surface area contributed by atoms with Crippen LogP contribution >= 0.6 is 0 Å². The molecule has 110 valence electrons. The first kappa shape index (κ1) is 13.5. The van der Waals surface area contributed by atoms with Crippen LogP contribution in [0.3, 0.4) is 0 Å². The highest BCUT2D eigenvalue weighted by molar-refractivity contribution is 6.02. The van der Waals surface area contributed by atoms with Crippen molar-refractivity contribution in [2.45, 2.75) is 18.3 Å². The molecule has 0 saturated heterocycles. The summed E-state index contributed by atoms with van der Waals surface area (Å²) in [6.07, 6.45) is 2.61. The largest absolute Gasteiger partial charge is 0.494 e. The van der Waals surface area contributed by atoms with Crippen molar-refractivity contribution in [1.29, 1.82) is 0 Å². The predicted octanol–water partition coefficient (Wildman–Crippen LogP) is 1.63. The number of benzene rings is 1. The molecule has 0 radical (unpaired) electrons. The van der Waals surface area contributed by atoms with E-state index < -0.39 is 11.4 Å². The van der Waals surface area contributed by atoms with Crippen LogP contribution in [0.15, 0.2) is 36.3 Å². The summed E-state index contributed by atoms with van der Waals surface area (Å²) in [6, 6.07) is 6.87. The van der Waals surface area contributed by atoms with Gasteiger partial charge in [0.15, 0.2) is 0 Å². The molecular weight excluding hydrogens is 274 g/mol. The highest BCUT2D eigenvalue weighted by atomic mass is 16.6. The lowest BCUT2D eigenvalue weighted by Crippen LogP contribution is -2.21.